The molecule has 1 amide bonds. The Morgan fingerprint density at radius 2 is 2.00 bits per heavy atom. The molecule has 2 rings (SSSR count). The molecule has 0 aliphatic rings. The van der Waals surface area contributed by atoms with E-state index in [4.69, 9.17) is 5.26 Å². The van der Waals surface area contributed by atoms with Crippen LogP contribution < -0.4 is 5.32 Å². The maximum Gasteiger partial charge on any atom is 0.251 e. The topological polar surface area (TPSA) is 52.9 Å². The third-order valence-electron chi connectivity index (χ3n) is 2.81. The van der Waals surface area contributed by atoms with E-state index in [-0.39, 0.29) is 5.91 Å². The Balaban J connectivity index is 2.00. The van der Waals surface area contributed by atoms with Crippen LogP contribution in [0.1, 0.15) is 21.5 Å². The third-order valence-corrected chi connectivity index (χ3v) is 3.88. The van der Waals surface area contributed by atoms with Gasteiger partial charge in [-0.3, -0.25) is 4.79 Å². The van der Waals surface area contributed by atoms with Gasteiger partial charge in [-0.2, -0.15) is 5.26 Å². The van der Waals surface area contributed by atoms with E-state index >= 15 is 0 Å². The first-order chi connectivity index (χ1) is 9.72. The van der Waals surface area contributed by atoms with Gasteiger partial charge in [0.15, 0.2) is 0 Å². The Labute approximate surface area is 122 Å². The van der Waals surface area contributed by atoms with Gasteiger partial charge in [0, 0.05) is 23.3 Å². The number of rotatable bonds is 4. The van der Waals surface area contributed by atoms with E-state index in [0.29, 0.717) is 11.1 Å². The van der Waals surface area contributed by atoms with Crippen LogP contribution in [0.5, 0.6) is 0 Å². The Kier molecular flexibility index (Phi) is 4.80. The second kappa shape index (κ2) is 6.78. The van der Waals surface area contributed by atoms with Gasteiger partial charge < -0.3 is 5.32 Å². The van der Waals surface area contributed by atoms with Gasteiger partial charge in [0.1, 0.15) is 0 Å². The summed E-state index contributed by atoms with van der Waals surface area (Å²) in [6.45, 7) is 0. The summed E-state index contributed by atoms with van der Waals surface area (Å²) in [5.41, 5.74) is 2.47. The molecule has 2 aromatic carbocycles. The number of amides is 1. The quantitative estimate of drug-likeness (QED) is 0.876. The average molecular weight is 282 g/mol. The molecular weight excluding hydrogens is 268 g/mol. The van der Waals surface area contributed by atoms with Crippen LogP contribution in [0.25, 0.3) is 0 Å². The number of hydrogen-bond acceptors (Lipinski definition) is 3. The fourth-order valence-electron chi connectivity index (χ4n) is 1.72. The van der Waals surface area contributed by atoms with E-state index < -0.39 is 0 Å². The number of carbonyl (C=O) groups excluding carboxylic acids is 1. The molecule has 0 radical (unpaired) electrons. The molecule has 100 valence electrons. The van der Waals surface area contributed by atoms with Crippen molar-refractivity contribution in [2.24, 2.45) is 0 Å². The number of carbonyl (C=O) groups is 1. The Morgan fingerprint density at radius 3 is 2.65 bits per heavy atom. The van der Waals surface area contributed by atoms with Gasteiger partial charge in [-0.05, 0) is 35.9 Å². The fourth-order valence-corrected chi connectivity index (χ4v) is 2.63. The van der Waals surface area contributed by atoms with E-state index in [9.17, 15) is 4.79 Å². The Bertz CT molecular complexity index is 644. The molecule has 3 nitrogen and oxygen atoms in total. The maximum atomic E-state index is 11.4. The van der Waals surface area contributed by atoms with Gasteiger partial charge >= 0.3 is 0 Å². The lowest BCUT2D eigenvalue weighted by Gasteiger charge is -2.04. The SMILES string of the molecule is CNC(=O)c1ccc(CSc2cccc(C#N)c2)cc1. The molecule has 0 saturated heterocycles. The second-order valence-corrected chi connectivity index (χ2v) is 5.25. The molecule has 0 spiro atoms. The standard InChI is InChI=1S/C16H14N2OS/c1-18-16(19)14-7-5-12(6-8-14)11-20-15-4-2-3-13(9-15)10-17/h2-9H,11H2,1H3,(H,18,19). The molecule has 2 aromatic rings. The first-order valence-corrected chi connectivity index (χ1v) is 7.15. The summed E-state index contributed by atoms with van der Waals surface area (Å²) < 4.78 is 0. The van der Waals surface area contributed by atoms with Crippen LogP contribution in [-0.4, -0.2) is 13.0 Å². The molecule has 0 fully saturated rings. The monoisotopic (exact) mass is 282 g/mol. The Hall–Kier alpha value is -2.25. The van der Waals surface area contributed by atoms with Gasteiger partial charge in [-0.1, -0.05) is 18.2 Å². The molecule has 0 aromatic heterocycles. The largest absolute Gasteiger partial charge is 0.355 e. The molecule has 0 aliphatic carbocycles. The van der Waals surface area contributed by atoms with Crippen molar-refractivity contribution in [3.05, 3.63) is 65.2 Å². The average Bonchev–Trinajstić information content (AvgIpc) is 2.53. The van der Waals surface area contributed by atoms with E-state index in [1.165, 1.54) is 0 Å². The summed E-state index contributed by atoms with van der Waals surface area (Å²) in [5, 5.41) is 11.5. The van der Waals surface area contributed by atoms with Gasteiger partial charge in [-0.25, -0.2) is 0 Å². The van der Waals surface area contributed by atoms with Crippen LogP contribution in [-0.2, 0) is 5.75 Å². The summed E-state index contributed by atoms with van der Waals surface area (Å²) in [4.78, 5) is 12.5. The number of nitrogens with one attached hydrogen (secondary N) is 1. The first kappa shape index (κ1) is 14.2. The van der Waals surface area contributed by atoms with Crippen molar-refractivity contribution in [1.82, 2.24) is 5.32 Å². The van der Waals surface area contributed by atoms with Crippen molar-refractivity contribution in [3.63, 3.8) is 0 Å². The van der Waals surface area contributed by atoms with Crippen molar-refractivity contribution in [2.45, 2.75) is 10.6 Å². The van der Waals surface area contributed by atoms with Gasteiger partial charge in [0.2, 0.25) is 0 Å². The van der Waals surface area contributed by atoms with Crippen LogP contribution in [0.15, 0.2) is 53.4 Å². The predicted molar refractivity (Wildman–Crippen MR) is 80.6 cm³/mol. The molecule has 0 saturated carbocycles. The van der Waals surface area contributed by atoms with Crippen LogP contribution in [0, 0.1) is 11.3 Å². The lowest BCUT2D eigenvalue weighted by atomic mass is 10.1. The minimum atomic E-state index is -0.0778. The van der Waals surface area contributed by atoms with Crippen LogP contribution in [0.3, 0.4) is 0 Å². The summed E-state index contributed by atoms with van der Waals surface area (Å²) in [6.07, 6.45) is 0. The number of nitrogens with zero attached hydrogens (tertiary/aromatic N) is 1. The molecule has 0 atom stereocenters. The molecule has 0 heterocycles. The van der Waals surface area contributed by atoms with E-state index in [1.807, 2.05) is 42.5 Å². The molecule has 0 bridgehead atoms. The number of thioether (sulfide) groups is 1. The fraction of sp³-hybridized carbons (Fsp3) is 0.125. The zero-order chi connectivity index (χ0) is 14.4. The zero-order valence-corrected chi connectivity index (χ0v) is 11.9. The molecule has 1 N–H and O–H groups in total. The van der Waals surface area contributed by atoms with Crippen LogP contribution in [0.4, 0.5) is 0 Å². The normalized spacial score (nSPS) is 9.80. The number of benzene rings is 2. The molecular formula is C16H14N2OS. The van der Waals surface area contributed by atoms with Crippen molar-refractivity contribution >= 4 is 17.7 Å². The van der Waals surface area contributed by atoms with Crippen molar-refractivity contribution in [3.8, 4) is 6.07 Å². The van der Waals surface area contributed by atoms with E-state index in [1.54, 1.807) is 24.9 Å². The maximum absolute atomic E-state index is 11.4. The van der Waals surface area contributed by atoms with Gasteiger partial charge in [0.05, 0.1) is 11.6 Å². The van der Waals surface area contributed by atoms with Crippen LogP contribution >= 0.6 is 11.8 Å². The lowest BCUT2D eigenvalue weighted by Crippen LogP contribution is -2.17. The van der Waals surface area contributed by atoms with Gasteiger partial charge in [-0.15, -0.1) is 11.8 Å². The van der Waals surface area contributed by atoms with E-state index in [2.05, 4.69) is 11.4 Å². The van der Waals surface area contributed by atoms with Crippen molar-refractivity contribution in [2.75, 3.05) is 7.05 Å². The molecule has 20 heavy (non-hydrogen) atoms. The predicted octanol–water partition coefficient (Wildman–Crippen LogP) is 3.21. The van der Waals surface area contributed by atoms with Crippen LogP contribution in [0.2, 0.25) is 0 Å². The third kappa shape index (κ3) is 3.62. The number of hydrogen-bond donors (Lipinski definition) is 1. The minimum absolute atomic E-state index is 0.0778. The zero-order valence-electron chi connectivity index (χ0n) is 11.1. The smallest absolute Gasteiger partial charge is 0.251 e. The first-order valence-electron chi connectivity index (χ1n) is 6.17. The van der Waals surface area contributed by atoms with E-state index in [0.717, 1.165) is 16.2 Å². The van der Waals surface area contributed by atoms with Crippen molar-refractivity contribution < 1.29 is 4.79 Å². The highest BCUT2D eigenvalue weighted by molar-refractivity contribution is 7.98. The Morgan fingerprint density at radius 1 is 1.25 bits per heavy atom. The lowest BCUT2D eigenvalue weighted by molar-refractivity contribution is 0.0963. The minimum Gasteiger partial charge on any atom is -0.355 e. The summed E-state index contributed by atoms with van der Waals surface area (Å²) in [7, 11) is 1.62. The highest BCUT2D eigenvalue weighted by Gasteiger charge is 2.03. The molecule has 0 aliphatic heterocycles. The van der Waals surface area contributed by atoms with Gasteiger partial charge in [0.25, 0.3) is 5.91 Å². The molecule has 4 heteroatoms. The highest BCUT2D eigenvalue weighted by atomic mass is 32.2. The highest BCUT2D eigenvalue weighted by Crippen LogP contribution is 2.23. The molecule has 0 unspecified atom stereocenters. The number of nitriles is 1. The van der Waals surface area contributed by atoms with Crippen molar-refractivity contribution in [1.29, 1.82) is 5.26 Å². The second-order valence-electron chi connectivity index (χ2n) is 4.20. The summed E-state index contributed by atoms with van der Waals surface area (Å²) in [6, 6.07) is 17.2. The summed E-state index contributed by atoms with van der Waals surface area (Å²) >= 11 is 1.67. The summed E-state index contributed by atoms with van der Waals surface area (Å²) in [5.74, 6) is 0.731.